The van der Waals surface area contributed by atoms with Crippen LogP contribution in [0.4, 0.5) is 5.82 Å². The Bertz CT molecular complexity index is 1150. The molecule has 1 aromatic rings. The number of piperidine rings is 1. The van der Waals surface area contributed by atoms with Crippen molar-refractivity contribution in [1.82, 2.24) is 20.2 Å². The molecule has 2 aliphatic carbocycles. The molecule has 6 rings (SSSR count). The second-order valence-electron chi connectivity index (χ2n) is 11.1. The van der Waals surface area contributed by atoms with E-state index in [1.807, 2.05) is 12.3 Å². The number of nitrogens with one attached hydrogen (secondary N) is 1. The number of morpholine rings is 1. The Morgan fingerprint density at radius 1 is 1.00 bits per heavy atom. The van der Waals surface area contributed by atoms with Gasteiger partial charge in [0.1, 0.15) is 17.3 Å². The van der Waals surface area contributed by atoms with Gasteiger partial charge >= 0.3 is 0 Å². The number of fused-ring (bicyclic) bond motifs is 1. The number of carbonyl (C=O) groups is 1. The van der Waals surface area contributed by atoms with Crippen molar-refractivity contribution in [1.29, 1.82) is 0 Å². The molecule has 38 heavy (non-hydrogen) atoms. The molecule has 0 spiro atoms. The molecule has 1 atom stereocenters. The maximum Gasteiger partial charge on any atom is 0.271 e. The summed E-state index contributed by atoms with van der Waals surface area (Å²) >= 11 is 0. The number of hydrogen-bond donors (Lipinski definition) is 1. The monoisotopic (exact) mass is 517 g/mol. The molecule has 8 heteroatoms. The number of hydrogen-bond acceptors (Lipinski definition) is 7. The zero-order valence-corrected chi connectivity index (χ0v) is 22.2. The predicted octanol–water partition coefficient (Wildman–Crippen LogP) is 4.92. The third kappa shape index (κ3) is 5.86. The van der Waals surface area contributed by atoms with Gasteiger partial charge < -0.3 is 19.4 Å². The molecular weight excluding hydrogens is 478 g/mol. The lowest BCUT2D eigenvalue weighted by molar-refractivity contribution is 0.0910. The number of nitrogens with zero attached hydrogens (tertiary/aromatic N) is 4. The molecule has 2 saturated heterocycles. The van der Waals surface area contributed by atoms with Crippen LogP contribution in [0.1, 0.15) is 73.5 Å². The molecule has 5 aliphatic rings. The summed E-state index contributed by atoms with van der Waals surface area (Å²) in [5.41, 5.74) is 2.91. The lowest BCUT2D eigenvalue weighted by Gasteiger charge is -2.37. The van der Waals surface area contributed by atoms with E-state index in [0.29, 0.717) is 24.9 Å². The first-order valence-corrected chi connectivity index (χ1v) is 14.4. The average Bonchev–Trinajstić information content (AvgIpc) is 3.46. The van der Waals surface area contributed by atoms with Gasteiger partial charge in [0.25, 0.3) is 5.91 Å². The molecule has 3 aliphatic heterocycles. The third-order valence-electron chi connectivity index (χ3n) is 8.66. The van der Waals surface area contributed by atoms with Crippen molar-refractivity contribution in [3.63, 3.8) is 0 Å². The minimum absolute atomic E-state index is 0.113. The van der Waals surface area contributed by atoms with Gasteiger partial charge in [-0.05, 0) is 76.1 Å². The van der Waals surface area contributed by atoms with Crippen LogP contribution in [0.15, 0.2) is 47.3 Å². The first kappa shape index (κ1) is 25.3. The highest BCUT2D eigenvalue weighted by atomic mass is 16.5. The Morgan fingerprint density at radius 3 is 2.68 bits per heavy atom. The lowest BCUT2D eigenvalue weighted by atomic mass is 9.83. The first-order chi connectivity index (χ1) is 18.7. The van der Waals surface area contributed by atoms with Gasteiger partial charge in [-0.2, -0.15) is 0 Å². The molecule has 3 fully saturated rings. The van der Waals surface area contributed by atoms with E-state index in [1.165, 1.54) is 56.2 Å². The first-order valence-electron chi connectivity index (χ1n) is 14.4. The van der Waals surface area contributed by atoms with E-state index in [4.69, 9.17) is 9.15 Å². The summed E-state index contributed by atoms with van der Waals surface area (Å²) in [5.74, 6) is 2.39. The smallest absolute Gasteiger partial charge is 0.271 e. The fourth-order valence-corrected chi connectivity index (χ4v) is 6.40. The summed E-state index contributed by atoms with van der Waals surface area (Å²) in [4.78, 5) is 26.5. The van der Waals surface area contributed by atoms with Crippen LogP contribution in [0.5, 0.6) is 0 Å². The minimum Gasteiger partial charge on any atom is -0.464 e. The van der Waals surface area contributed by atoms with E-state index < -0.39 is 0 Å². The van der Waals surface area contributed by atoms with Crippen LogP contribution in [0.2, 0.25) is 0 Å². The van der Waals surface area contributed by atoms with Crippen LogP contribution >= 0.6 is 0 Å². The van der Waals surface area contributed by atoms with Crippen LogP contribution < -0.4 is 10.2 Å². The van der Waals surface area contributed by atoms with Crippen molar-refractivity contribution in [2.75, 3.05) is 44.3 Å². The van der Waals surface area contributed by atoms with Gasteiger partial charge in [-0.3, -0.25) is 9.69 Å². The maximum atomic E-state index is 12.8. The molecule has 1 aromatic heterocycles. The summed E-state index contributed by atoms with van der Waals surface area (Å²) in [5, 5.41) is 3.21. The van der Waals surface area contributed by atoms with E-state index in [0.717, 1.165) is 50.0 Å². The highest BCUT2D eigenvalue weighted by Gasteiger charge is 2.28. The van der Waals surface area contributed by atoms with E-state index in [1.54, 1.807) is 12.4 Å². The summed E-state index contributed by atoms with van der Waals surface area (Å²) in [7, 11) is 0. The van der Waals surface area contributed by atoms with Gasteiger partial charge in [0, 0.05) is 36.3 Å². The van der Waals surface area contributed by atoms with Gasteiger partial charge in [0.05, 0.1) is 31.9 Å². The molecule has 202 valence electrons. The van der Waals surface area contributed by atoms with Crippen molar-refractivity contribution >= 4 is 11.7 Å². The van der Waals surface area contributed by atoms with E-state index >= 15 is 0 Å². The van der Waals surface area contributed by atoms with Crippen LogP contribution in [-0.2, 0) is 4.74 Å². The Labute approximate surface area is 225 Å². The van der Waals surface area contributed by atoms with Gasteiger partial charge in [-0.25, -0.2) is 9.97 Å². The Hall–Kier alpha value is -2.97. The summed E-state index contributed by atoms with van der Waals surface area (Å²) in [6.07, 6.45) is 14.7. The molecule has 1 N–H and O–H groups in total. The van der Waals surface area contributed by atoms with E-state index in [9.17, 15) is 4.79 Å². The third-order valence-corrected chi connectivity index (χ3v) is 8.66. The number of likely N-dealkylation sites (tertiary alicyclic amines) is 1. The number of ether oxygens (including phenoxy) is 1. The molecule has 1 saturated carbocycles. The summed E-state index contributed by atoms with van der Waals surface area (Å²) in [6, 6.07) is 9.23. The van der Waals surface area contributed by atoms with E-state index in [-0.39, 0.29) is 11.9 Å². The Kier molecular flexibility index (Phi) is 7.88. The SMILES string of the molecule is O=C(NC1CCC(CCN2CCCCC2c2coc3cccc-3c2)CC1)c1cnc(N2CCOCC2)cn1. The fourth-order valence-electron chi connectivity index (χ4n) is 6.40. The molecular formula is C30H39N5O3. The summed E-state index contributed by atoms with van der Waals surface area (Å²) < 4.78 is 11.3. The van der Waals surface area contributed by atoms with Gasteiger partial charge in [-0.1, -0.05) is 18.6 Å². The topological polar surface area (TPSA) is 83.7 Å². The molecule has 4 heterocycles. The second kappa shape index (κ2) is 11.8. The zero-order valence-electron chi connectivity index (χ0n) is 22.2. The number of anilines is 1. The Morgan fingerprint density at radius 2 is 1.87 bits per heavy atom. The van der Waals surface area contributed by atoms with Crippen LogP contribution in [0, 0.1) is 5.92 Å². The quantitative estimate of drug-likeness (QED) is 0.476. The van der Waals surface area contributed by atoms with Gasteiger partial charge in [-0.15, -0.1) is 0 Å². The normalized spacial score (nSPS) is 24.9. The minimum atomic E-state index is -0.113. The van der Waals surface area contributed by atoms with Crippen LogP contribution in [0.25, 0.3) is 11.3 Å². The standard InChI is InChI=1S/C30H39N5O3/c36-30(26-19-32-29(20-31-26)35-14-16-37-17-15-35)33-25-9-7-22(8-10-25)11-13-34-12-2-1-5-27(34)24-18-23-4-3-6-28(23)38-21-24/h3-4,6,18-22,25,27H,1-2,5,7-17H2,(H,33,36). The zero-order chi connectivity index (χ0) is 25.7. The highest BCUT2D eigenvalue weighted by molar-refractivity contribution is 5.92. The summed E-state index contributed by atoms with van der Waals surface area (Å²) in [6.45, 7) is 5.32. The van der Waals surface area contributed by atoms with Gasteiger partial charge in [0.2, 0.25) is 0 Å². The number of carbonyl (C=O) groups excluding carboxylic acids is 1. The second-order valence-corrected chi connectivity index (χ2v) is 11.1. The van der Waals surface area contributed by atoms with Crippen molar-refractivity contribution in [2.45, 2.75) is 63.5 Å². The largest absolute Gasteiger partial charge is 0.464 e. The van der Waals surface area contributed by atoms with Crippen molar-refractivity contribution in [3.05, 3.63) is 54.2 Å². The molecule has 1 unspecified atom stereocenters. The number of aromatic nitrogens is 2. The van der Waals surface area contributed by atoms with Crippen LogP contribution in [0.3, 0.4) is 0 Å². The molecule has 8 nitrogen and oxygen atoms in total. The number of rotatable bonds is 7. The van der Waals surface area contributed by atoms with Gasteiger partial charge in [0.15, 0.2) is 0 Å². The molecule has 0 aromatic carbocycles. The highest BCUT2D eigenvalue weighted by Crippen LogP contribution is 2.36. The molecule has 1 amide bonds. The van der Waals surface area contributed by atoms with Crippen molar-refractivity contribution in [3.8, 4) is 11.3 Å². The van der Waals surface area contributed by atoms with E-state index in [2.05, 4.69) is 43.3 Å². The fraction of sp³-hybridized carbons (Fsp3) is 0.567. The lowest BCUT2D eigenvalue weighted by Crippen LogP contribution is -2.39. The molecule has 0 radical (unpaired) electrons. The predicted molar refractivity (Wildman–Crippen MR) is 146 cm³/mol. The average molecular weight is 518 g/mol. The van der Waals surface area contributed by atoms with Crippen LogP contribution in [-0.4, -0.2) is 66.2 Å². The Balaban J connectivity index is 0.965. The molecule has 0 bridgehead atoms. The van der Waals surface area contributed by atoms with Crippen molar-refractivity contribution in [2.24, 2.45) is 5.92 Å². The maximum absolute atomic E-state index is 12.8. The number of amides is 1. The van der Waals surface area contributed by atoms with Crippen molar-refractivity contribution < 1.29 is 13.9 Å².